The van der Waals surface area contributed by atoms with Crippen LogP contribution in [0.25, 0.3) is 0 Å². The molecule has 164 valence electrons. The number of halogens is 1. The van der Waals surface area contributed by atoms with E-state index in [1.807, 2.05) is 41.6 Å². The van der Waals surface area contributed by atoms with E-state index in [1.54, 1.807) is 0 Å². The van der Waals surface area contributed by atoms with Crippen LogP contribution >= 0.6 is 11.6 Å². The van der Waals surface area contributed by atoms with Crippen molar-refractivity contribution in [2.24, 2.45) is 5.18 Å². The third-order valence-electron chi connectivity index (χ3n) is 6.40. The van der Waals surface area contributed by atoms with E-state index in [-0.39, 0.29) is 6.04 Å². The fraction of sp³-hybridized carbons (Fsp3) is 0.435. The van der Waals surface area contributed by atoms with Gasteiger partial charge in [0.1, 0.15) is 11.0 Å². The molecule has 1 aliphatic heterocycles. The zero-order valence-corrected chi connectivity index (χ0v) is 19.3. The molecule has 0 radical (unpaired) electrons. The summed E-state index contributed by atoms with van der Waals surface area (Å²) in [5, 5.41) is 3.38. The molecule has 6 nitrogen and oxygen atoms in total. The van der Waals surface area contributed by atoms with Gasteiger partial charge in [-0.1, -0.05) is 24.6 Å². The average Bonchev–Trinajstić information content (AvgIpc) is 3.22. The molecule has 1 amide bonds. The first-order chi connectivity index (χ1) is 14.9. The number of fused-ring (bicyclic) bond motifs is 1. The summed E-state index contributed by atoms with van der Waals surface area (Å²) < 4.78 is 15.5. The molecular weight excluding hydrogens is 434 g/mol. The first-order valence-electron chi connectivity index (χ1n) is 10.6. The summed E-state index contributed by atoms with van der Waals surface area (Å²) in [6, 6.07) is 11.9. The Hall–Kier alpha value is -2.09. The Morgan fingerprint density at radius 1 is 1.23 bits per heavy atom. The number of carbonyl (C=O) groups excluding carboxylic acids is 1. The molecule has 2 aliphatic rings. The highest BCUT2D eigenvalue weighted by molar-refractivity contribution is 7.82. The van der Waals surface area contributed by atoms with Crippen LogP contribution < -0.4 is 4.90 Å². The average molecular weight is 460 g/mol. The summed E-state index contributed by atoms with van der Waals surface area (Å²) in [7, 11) is -1.34. The number of aryl methyl sites for hydroxylation is 2. The van der Waals surface area contributed by atoms with Crippen LogP contribution in [-0.2, 0) is 22.2 Å². The highest BCUT2D eigenvalue weighted by Crippen LogP contribution is 2.36. The smallest absolute Gasteiger partial charge is 0.293 e. The van der Waals surface area contributed by atoms with Gasteiger partial charge in [0.25, 0.3) is 5.91 Å². The predicted octanol–water partition coefficient (Wildman–Crippen LogP) is 4.59. The van der Waals surface area contributed by atoms with Gasteiger partial charge in [-0.2, -0.15) is 0 Å². The van der Waals surface area contributed by atoms with E-state index in [0.717, 1.165) is 53.3 Å². The van der Waals surface area contributed by atoms with Crippen molar-refractivity contribution < 1.29 is 9.00 Å². The Labute approximate surface area is 190 Å². The summed E-state index contributed by atoms with van der Waals surface area (Å²) >= 11 is 6.18. The maximum Gasteiger partial charge on any atom is 0.293 e. The van der Waals surface area contributed by atoms with E-state index in [4.69, 9.17) is 11.6 Å². The molecule has 1 saturated heterocycles. The lowest BCUT2D eigenvalue weighted by Crippen LogP contribution is -2.53. The van der Waals surface area contributed by atoms with Crippen molar-refractivity contribution in [3.05, 3.63) is 63.0 Å². The van der Waals surface area contributed by atoms with Gasteiger partial charge in [-0.15, -0.1) is 4.91 Å². The quantitative estimate of drug-likeness (QED) is 0.613. The Kier molecular flexibility index (Phi) is 6.55. The van der Waals surface area contributed by atoms with Gasteiger partial charge in [0.15, 0.2) is 0 Å². The first-order valence-corrected chi connectivity index (χ1v) is 12.1. The second-order valence-electron chi connectivity index (χ2n) is 8.21. The largest absolute Gasteiger partial charge is 0.369 e. The van der Waals surface area contributed by atoms with Crippen LogP contribution in [0.4, 0.5) is 5.69 Å². The highest BCUT2D eigenvalue weighted by Gasteiger charge is 2.33. The number of hydrogen-bond acceptors (Lipinski definition) is 4. The fourth-order valence-electron chi connectivity index (χ4n) is 4.59. The molecule has 0 N–H and O–H groups in total. The van der Waals surface area contributed by atoms with Gasteiger partial charge in [-0.25, -0.2) is 8.51 Å². The number of benzene rings is 2. The molecule has 1 fully saturated rings. The normalized spacial score (nSPS) is 22.2. The van der Waals surface area contributed by atoms with Crippen molar-refractivity contribution in [3.63, 3.8) is 0 Å². The molecule has 0 spiro atoms. The van der Waals surface area contributed by atoms with Gasteiger partial charge in [-0.3, -0.25) is 4.79 Å². The molecular formula is C23H26ClN3O3S. The van der Waals surface area contributed by atoms with Crippen LogP contribution in [-0.4, -0.2) is 40.1 Å². The second-order valence-corrected chi connectivity index (χ2v) is 10.1. The van der Waals surface area contributed by atoms with Crippen LogP contribution in [0.2, 0.25) is 5.02 Å². The van der Waals surface area contributed by atoms with Crippen LogP contribution in [0, 0.1) is 11.8 Å². The van der Waals surface area contributed by atoms with Gasteiger partial charge < -0.3 is 4.90 Å². The van der Waals surface area contributed by atoms with Crippen LogP contribution in [0.3, 0.4) is 0 Å². The molecule has 8 heteroatoms. The van der Waals surface area contributed by atoms with E-state index in [0.29, 0.717) is 17.9 Å². The Balaban J connectivity index is 1.53. The van der Waals surface area contributed by atoms with Crippen molar-refractivity contribution in [3.8, 4) is 0 Å². The maximum absolute atomic E-state index is 13.5. The monoisotopic (exact) mass is 459 g/mol. The number of piperazine rings is 1. The molecule has 0 saturated carbocycles. The van der Waals surface area contributed by atoms with Crippen molar-refractivity contribution in [2.75, 3.05) is 24.5 Å². The second kappa shape index (κ2) is 9.18. The summed E-state index contributed by atoms with van der Waals surface area (Å²) in [5.74, 6) is -1.14. The fourth-order valence-corrected chi connectivity index (χ4v) is 6.13. The summed E-state index contributed by atoms with van der Waals surface area (Å²) in [4.78, 5) is 25.6. The van der Waals surface area contributed by atoms with E-state index in [1.165, 1.54) is 0 Å². The van der Waals surface area contributed by atoms with Crippen molar-refractivity contribution in [2.45, 2.75) is 50.0 Å². The number of amides is 1. The minimum atomic E-state index is -1.34. The number of nitrogens with zero attached hydrogens (tertiary/aromatic N) is 3. The molecule has 4 rings (SSSR count). The number of rotatable bonds is 5. The van der Waals surface area contributed by atoms with Crippen LogP contribution in [0.1, 0.15) is 42.4 Å². The Morgan fingerprint density at radius 2 is 2.03 bits per heavy atom. The van der Waals surface area contributed by atoms with E-state index in [9.17, 15) is 13.9 Å². The maximum atomic E-state index is 13.5. The molecule has 3 unspecified atom stereocenters. The van der Waals surface area contributed by atoms with E-state index < -0.39 is 22.8 Å². The molecule has 3 atom stereocenters. The lowest BCUT2D eigenvalue weighted by molar-refractivity contribution is -0.119. The lowest BCUT2D eigenvalue weighted by atomic mass is 10.0. The summed E-state index contributed by atoms with van der Waals surface area (Å²) in [6.45, 7) is 6.33. The molecule has 0 aromatic heterocycles. The number of anilines is 1. The van der Waals surface area contributed by atoms with E-state index in [2.05, 4.69) is 23.1 Å². The zero-order valence-electron chi connectivity index (χ0n) is 17.7. The lowest BCUT2D eigenvalue weighted by Gasteiger charge is -2.41. The zero-order chi connectivity index (χ0) is 22.1. The molecule has 31 heavy (non-hydrogen) atoms. The molecule has 1 aliphatic carbocycles. The van der Waals surface area contributed by atoms with Crippen molar-refractivity contribution in [1.82, 2.24) is 4.31 Å². The Morgan fingerprint density at radius 3 is 2.74 bits per heavy atom. The van der Waals surface area contributed by atoms with Gasteiger partial charge >= 0.3 is 0 Å². The number of hydrogen-bond donors (Lipinski definition) is 0. The topological polar surface area (TPSA) is 70.1 Å². The van der Waals surface area contributed by atoms with Gasteiger partial charge in [0, 0.05) is 41.6 Å². The van der Waals surface area contributed by atoms with Gasteiger partial charge in [-0.05, 0) is 73.2 Å². The molecule has 1 heterocycles. The minimum absolute atomic E-state index is 0.132. The summed E-state index contributed by atoms with van der Waals surface area (Å²) in [5.41, 5.74) is 4.02. The minimum Gasteiger partial charge on any atom is -0.369 e. The SMILES string of the molecule is CCC1CN(c2ccc(Cl)c(C)c2)CCN1S(=O)c1ccc2c(c1)C(C(=O)N=O)CC2. The third kappa shape index (κ3) is 4.31. The molecule has 2 aromatic rings. The van der Waals surface area contributed by atoms with Gasteiger partial charge in [0.05, 0.1) is 10.8 Å². The Bertz CT molecular complexity index is 1040. The third-order valence-corrected chi connectivity index (χ3v) is 8.39. The first kappa shape index (κ1) is 22.1. The van der Waals surface area contributed by atoms with Crippen LogP contribution in [0.15, 0.2) is 46.5 Å². The van der Waals surface area contributed by atoms with Gasteiger partial charge in [0.2, 0.25) is 0 Å². The molecule has 0 bridgehead atoms. The highest BCUT2D eigenvalue weighted by atomic mass is 35.5. The summed E-state index contributed by atoms with van der Waals surface area (Å²) in [6.07, 6.45) is 2.20. The van der Waals surface area contributed by atoms with Crippen LogP contribution in [0.5, 0.6) is 0 Å². The molecule has 2 aromatic carbocycles. The predicted molar refractivity (Wildman–Crippen MR) is 124 cm³/mol. The number of carbonyl (C=O) groups is 1. The van der Waals surface area contributed by atoms with E-state index >= 15 is 0 Å². The van der Waals surface area contributed by atoms with Crippen molar-refractivity contribution in [1.29, 1.82) is 0 Å². The number of nitroso groups, excluding NO2 is 1. The standard InChI is InChI=1S/C23H26ClN3O3S/c1-3-17-14-26(18-6-9-22(24)15(2)12-18)10-11-27(17)31(30)19-7-4-16-5-8-20(21(16)13-19)23(28)25-29/h4,6-7,9,12-13,17,20H,3,5,8,10-11,14H2,1-2H3. The van der Waals surface area contributed by atoms with Crippen molar-refractivity contribution >= 4 is 34.2 Å².